The number of thioether (sulfide) groups is 1. The highest BCUT2D eigenvalue weighted by Gasteiger charge is 2.16. The number of nitrogens with one attached hydrogen (secondary N) is 3. The Morgan fingerprint density at radius 2 is 1.60 bits per heavy atom. The predicted molar refractivity (Wildman–Crippen MR) is 188 cm³/mol. The minimum atomic E-state index is -0.502. The minimum absolute atomic E-state index is 0.0541. The first-order valence-electron chi connectivity index (χ1n) is 14.7. The molecule has 11 heteroatoms. The third kappa shape index (κ3) is 9.32. The molecule has 0 fully saturated rings. The lowest BCUT2D eigenvalue weighted by atomic mass is 10.1. The molecule has 9 nitrogen and oxygen atoms in total. The Kier molecular flexibility index (Phi) is 11.4. The van der Waals surface area contributed by atoms with E-state index >= 15 is 0 Å². The number of para-hydroxylation sites is 1. The monoisotopic (exact) mass is 664 g/mol. The predicted octanol–water partition coefficient (Wildman–Crippen LogP) is 7.36. The minimum Gasteiger partial charge on any atom is -0.497 e. The molecule has 0 saturated carbocycles. The number of rotatable bonds is 13. The van der Waals surface area contributed by atoms with Crippen LogP contribution in [-0.2, 0) is 9.59 Å². The lowest BCUT2D eigenvalue weighted by Gasteiger charge is -2.13. The van der Waals surface area contributed by atoms with Gasteiger partial charge in [0.2, 0.25) is 5.91 Å². The van der Waals surface area contributed by atoms with Gasteiger partial charge in [0.05, 0.1) is 25.2 Å². The highest BCUT2D eigenvalue weighted by atomic mass is 32.2. The molecule has 0 aliphatic rings. The SMILES string of the molecule is CCOc1ccccc1/C=C(\NC(=O)c1ccccc1)C(=O)Nc1ccc(SCC(=O)Nc2nc(-c3ccc(OC)cc3)cs2)cc1. The van der Waals surface area contributed by atoms with E-state index in [1.807, 2.05) is 73.0 Å². The van der Waals surface area contributed by atoms with Crippen molar-refractivity contribution in [3.05, 3.63) is 125 Å². The van der Waals surface area contributed by atoms with Gasteiger partial charge >= 0.3 is 0 Å². The maximum absolute atomic E-state index is 13.4. The molecule has 0 aliphatic heterocycles. The third-order valence-electron chi connectivity index (χ3n) is 6.67. The van der Waals surface area contributed by atoms with Crippen molar-refractivity contribution in [2.45, 2.75) is 11.8 Å². The third-order valence-corrected chi connectivity index (χ3v) is 8.44. The largest absolute Gasteiger partial charge is 0.497 e. The number of thiazole rings is 1. The van der Waals surface area contributed by atoms with Crippen molar-refractivity contribution in [3.8, 4) is 22.8 Å². The van der Waals surface area contributed by atoms with Crippen molar-refractivity contribution in [2.24, 2.45) is 0 Å². The van der Waals surface area contributed by atoms with Crippen LogP contribution in [0.1, 0.15) is 22.8 Å². The lowest BCUT2D eigenvalue weighted by molar-refractivity contribution is -0.114. The summed E-state index contributed by atoms with van der Waals surface area (Å²) >= 11 is 2.72. The molecule has 47 heavy (non-hydrogen) atoms. The topological polar surface area (TPSA) is 119 Å². The number of hydrogen-bond acceptors (Lipinski definition) is 8. The summed E-state index contributed by atoms with van der Waals surface area (Å²) in [6.45, 7) is 2.33. The smallest absolute Gasteiger partial charge is 0.272 e. The van der Waals surface area contributed by atoms with Gasteiger partial charge in [0.15, 0.2) is 5.13 Å². The first-order chi connectivity index (χ1) is 22.9. The molecular weight excluding hydrogens is 633 g/mol. The molecule has 0 atom stereocenters. The van der Waals surface area contributed by atoms with E-state index in [0.717, 1.165) is 21.9 Å². The highest BCUT2D eigenvalue weighted by Crippen LogP contribution is 2.27. The maximum atomic E-state index is 13.4. The van der Waals surface area contributed by atoms with Gasteiger partial charge in [-0.1, -0.05) is 36.4 Å². The molecule has 1 aromatic heterocycles. The first-order valence-corrected chi connectivity index (χ1v) is 16.5. The van der Waals surface area contributed by atoms with Crippen molar-refractivity contribution >= 4 is 57.7 Å². The number of aromatic nitrogens is 1. The highest BCUT2D eigenvalue weighted by molar-refractivity contribution is 8.00. The van der Waals surface area contributed by atoms with Crippen LogP contribution in [0.5, 0.6) is 11.5 Å². The van der Waals surface area contributed by atoms with Gasteiger partial charge in [-0.25, -0.2) is 4.98 Å². The van der Waals surface area contributed by atoms with Gasteiger partial charge in [-0.15, -0.1) is 23.1 Å². The Morgan fingerprint density at radius 3 is 2.32 bits per heavy atom. The summed E-state index contributed by atoms with van der Waals surface area (Å²) in [5, 5.41) is 10.9. The molecule has 5 aromatic rings. The van der Waals surface area contributed by atoms with Gasteiger partial charge in [0.1, 0.15) is 17.2 Å². The first kappa shape index (κ1) is 33.0. The Morgan fingerprint density at radius 1 is 0.872 bits per heavy atom. The molecule has 0 unspecified atom stereocenters. The van der Waals surface area contributed by atoms with Crippen LogP contribution in [0.15, 0.2) is 119 Å². The molecule has 0 radical (unpaired) electrons. The summed E-state index contributed by atoms with van der Waals surface area (Å²) in [7, 11) is 1.62. The second-order valence-electron chi connectivity index (χ2n) is 9.93. The fraction of sp³-hybridized carbons (Fsp3) is 0.111. The maximum Gasteiger partial charge on any atom is 0.272 e. The summed E-state index contributed by atoms with van der Waals surface area (Å²) in [5.74, 6) is 0.434. The number of ether oxygens (including phenoxy) is 2. The Hall–Kier alpha value is -5.39. The van der Waals surface area contributed by atoms with E-state index in [0.29, 0.717) is 34.3 Å². The molecule has 3 amide bonds. The summed E-state index contributed by atoms with van der Waals surface area (Å²) in [6.07, 6.45) is 1.59. The van der Waals surface area contributed by atoms with E-state index in [2.05, 4.69) is 20.9 Å². The molecular formula is C36H32N4O5S2. The fourth-order valence-corrected chi connectivity index (χ4v) is 5.78. The van der Waals surface area contributed by atoms with Crippen LogP contribution in [0.3, 0.4) is 0 Å². The van der Waals surface area contributed by atoms with Crippen LogP contribution >= 0.6 is 23.1 Å². The molecule has 3 N–H and O–H groups in total. The van der Waals surface area contributed by atoms with Crippen molar-refractivity contribution in [1.82, 2.24) is 10.3 Å². The second kappa shape index (κ2) is 16.3. The molecule has 0 bridgehead atoms. The summed E-state index contributed by atoms with van der Waals surface area (Å²) in [4.78, 5) is 44.4. The van der Waals surface area contributed by atoms with Crippen molar-refractivity contribution in [3.63, 3.8) is 0 Å². The van der Waals surface area contributed by atoms with Crippen molar-refractivity contribution < 1.29 is 23.9 Å². The number of carbonyl (C=O) groups excluding carboxylic acids is 3. The average Bonchev–Trinajstić information content (AvgIpc) is 3.57. The van der Waals surface area contributed by atoms with Crippen LogP contribution in [0.4, 0.5) is 10.8 Å². The van der Waals surface area contributed by atoms with Crippen molar-refractivity contribution in [1.29, 1.82) is 0 Å². The number of carbonyl (C=O) groups is 3. The Labute approximate surface area is 281 Å². The van der Waals surface area contributed by atoms with Crippen LogP contribution in [0, 0.1) is 0 Å². The zero-order valence-electron chi connectivity index (χ0n) is 25.7. The zero-order chi connectivity index (χ0) is 33.0. The molecule has 0 aliphatic carbocycles. The Balaban J connectivity index is 1.20. The number of amides is 3. The molecule has 5 rings (SSSR count). The fourth-order valence-electron chi connectivity index (χ4n) is 4.35. The van der Waals surface area contributed by atoms with Crippen LogP contribution < -0.4 is 25.4 Å². The van der Waals surface area contributed by atoms with E-state index in [1.54, 1.807) is 55.7 Å². The quantitative estimate of drug-likeness (QED) is 0.0889. The molecule has 4 aromatic carbocycles. The molecule has 238 valence electrons. The van der Waals surface area contributed by atoms with E-state index in [4.69, 9.17) is 9.47 Å². The van der Waals surface area contributed by atoms with Gasteiger partial charge in [-0.3, -0.25) is 14.4 Å². The summed E-state index contributed by atoms with van der Waals surface area (Å²) in [5.41, 5.74) is 3.35. The van der Waals surface area contributed by atoms with E-state index in [1.165, 1.54) is 23.1 Å². The average molecular weight is 665 g/mol. The van der Waals surface area contributed by atoms with Crippen LogP contribution in [-0.4, -0.2) is 42.2 Å². The van der Waals surface area contributed by atoms with Gasteiger partial charge < -0.3 is 25.4 Å². The Bertz CT molecular complexity index is 1860. The molecule has 0 spiro atoms. The molecule has 1 heterocycles. The summed E-state index contributed by atoms with van der Waals surface area (Å²) in [6, 6.07) is 30.6. The number of anilines is 2. The zero-order valence-corrected chi connectivity index (χ0v) is 27.3. The number of nitrogens with zero attached hydrogens (tertiary/aromatic N) is 1. The van der Waals surface area contributed by atoms with Crippen LogP contribution in [0.25, 0.3) is 17.3 Å². The lowest BCUT2D eigenvalue weighted by Crippen LogP contribution is -2.30. The second-order valence-corrected chi connectivity index (χ2v) is 11.8. The number of methoxy groups -OCH3 is 1. The van der Waals surface area contributed by atoms with Gasteiger partial charge in [-0.05, 0) is 79.7 Å². The van der Waals surface area contributed by atoms with E-state index in [9.17, 15) is 14.4 Å². The van der Waals surface area contributed by atoms with Crippen molar-refractivity contribution in [2.75, 3.05) is 30.1 Å². The number of hydrogen-bond donors (Lipinski definition) is 3. The van der Waals surface area contributed by atoms with Gasteiger partial charge in [0, 0.05) is 32.7 Å². The van der Waals surface area contributed by atoms with Gasteiger partial charge in [0.25, 0.3) is 11.8 Å². The van der Waals surface area contributed by atoms with Gasteiger partial charge in [-0.2, -0.15) is 0 Å². The van der Waals surface area contributed by atoms with E-state index in [-0.39, 0.29) is 17.4 Å². The summed E-state index contributed by atoms with van der Waals surface area (Å²) < 4.78 is 10.9. The number of benzene rings is 4. The van der Waals surface area contributed by atoms with Crippen LogP contribution in [0.2, 0.25) is 0 Å². The molecule has 0 saturated heterocycles. The van der Waals surface area contributed by atoms with E-state index < -0.39 is 11.8 Å². The normalized spacial score (nSPS) is 11.0. The standard InChI is InChI=1S/C36H32N4O5S2/c1-3-45-32-12-8-7-11-26(32)21-30(38-34(42)25-9-5-4-6-10-25)35(43)37-27-15-19-29(20-16-27)46-23-33(41)40-36-39-31(22-47-36)24-13-17-28(44-2)18-14-24/h4-22H,3,23H2,1-2H3,(H,37,43)(H,38,42)(H,39,40,41)/b30-21-.